The smallest absolute Gasteiger partial charge is 0.292 e. The Morgan fingerprint density at radius 3 is 0.642 bits per heavy atom. The average Bonchev–Trinajstić information content (AvgIpc) is 3.41. The SMILES string of the molecule is [Ir+3].[c-]1ccccc1-c1nc2ccccc2nc1-c1ccccc1.[c-]1ccccc1-c1nc2ccccc2nc1-c1ccccc1.[c-]1ccccc1-c1nc2ccccc2nc1-c1ccccc1. The molecule has 0 bridgehead atoms. The molecule has 6 nitrogen and oxygen atoms in total. The van der Waals surface area contributed by atoms with Crippen molar-refractivity contribution in [3.05, 3.63) is 255 Å². The summed E-state index contributed by atoms with van der Waals surface area (Å²) in [7, 11) is 0. The quantitative estimate of drug-likeness (QED) is 0.154. The van der Waals surface area contributed by atoms with Crippen molar-refractivity contribution in [2.45, 2.75) is 0 Å². The third-order valence-corrected chi connectivity index (χ3v) is 10.7. The molecule has 12 aromatic rings. The van der Waals surface area contributed by atoms with Gasteiger partial charge in [0.25, 0.3) is 0 Å². The first-order valence-corrected chi connectivity index (χ1v) is 21.6. The molecular weight excluding hydrogens is 997 g/mol. The summed E-state index contributed by atoms with van der Waals surface area (Å²) in [6.45, 7) is 0. The molecule has 12 rings (SSSR count). The van der Waals surface area contributed by atoms with Crippen LogP contribution in [0.4, 0.5) is 0 Å². The van der Waals surface area contributed by atoms with Gasteiger partial charge in [0.2, 0.25) is 0 Å². The first kappa shape index (κ1) is 43.9. The minimum atomic E-state index is 0. The molecule has 3 aromatic heterocycles. The predicted molar refractivity (Wildman–Crippen MR) is 268 cm³/mol. The topological polar surface area (TPSA) is 77.3 Å². The number of benzene rings is 9. The Morgan fingerprint density at radius 2 is 0.418 bits per heavy atom. The Morgan fingerprint density at radius 1 is 0.209 bits per heavy atom. The van der Waals surface area contributed by atoms with Crippen molar-refractivity contribution in [2.24, 2.45) is 0 Å². The van der Waals surface area contributed by atoms with E-state index in [0.717, 1.165) is 101 Å². The van der Waals surface area contributed by atoms with Gasteiger partial charge in [0.15, 0.2) is 0 Å². The van der Waals surface area contributed by atoms with Gasteiger partial charge in [0.1, 0.15) is 0 Å². The van der Waals surface area contributed by atoms with Gasteiger partial charge in [-0.25, -0.2) is 0 Å². The van der Waals surface area contributed by atoms with Gasteiger partial charge in [0, 0.05) is 17.1 Å². The van der Waals surface area contributed by atoms with Crippen molar-refractivity contribution in [1.82, 2.24) is 29.9 Å². The van der Waals surface area contributed by atoms with Crippen LogP contribution in [0.2, 0.25) is 0 Å². The molecule has 0 aliphatic heterocycles. The molecular formula is C60H39IrN6. The van der Waals surface area contributed by atoms with Crippen LogP contribution in [-0.4, -0.2) is 29.9 Å². The van der Waals surface area contributed by atoms with Gasteiger partial charge in [-0.2, -0.15) is 0 Å². The van der Waals surface area contributed by atoms with E-state index < -0.39 is 0 Å². The van der Waals surface area contributed by atoms with Crippen molar-refractivity contribution in [3.8, 4) is 67.5 Å². The molecule has 7 heteroatoms. The van der Waals surface area contributed by atoms with E-state index in [2.05, 4.69) is 54.6 Å². The second kappa shape index (κ2) is 21.1. The summed E-state index contributed by atoms with van der Waals surface area (Å²) >= 11 is 0. The van der Waals surface area contributed by atoms with Crippen LogP contribution in [0.15, 0.2) is 237 Å². The Hall–Kier alpha value is -8.35. The van der Waals surface area contributed by atoms with Crippen LogP contribution in [0.3, 0.4) is 0 Å². The van der Waals surface area contributed by atoms with Crippen LogP contribution < -0.4 is 0 Å². The van der Waals surface area contributed by atoms with Crippen LogP contribution in [0.5, 0.6) is 0 Å². The second-order valence-corrected chi connectivity index (χ2v) is 15.2. The van der Waals surface area contributed by atoms with Gasteiger partial charge < -0.3 is 0 Å². The number of aromatic nitrogens is 6. The Balaban J connectivity index is 0.000000125. The standard InChI is InChI=1S/3C20H13N2.Ir/c3*1-3-9-15(10-4-1)19-20(16-11-5-2-6-12-16)22-18-14-8-7-13-17(18)21-19;/h3*1-11,13-14H;/q3*-1;+3. The van der Waals surface area contributed by atoms with Crippen LogP contribution in [0.1, 0.15) is 0 Å². The Bertz CT molecular complexity index is 2900. The van der Waals surface area contributed by atoms with Gasteiger partial charge in [-0.3, -0.25) is 29.9 Å². The number of rotatable bonds is 6. The third kappa shape index (κ3) is 10.1. The molecule has 0 aliphatic rings. The molecule has 0 N–H and O–H groups in total. The van der Waals surface area contributed by atoms with Crippen molar-refractivity contribution >= 4 is 33.1 Å². The summed E-state index contributed by atoms with van der Waals surface area (Å²) in [6, 6.07) is 87.8. The van der Waals surface area contributed by atoms with Crippen LogP contribution in [-0.2, 0) is 20.1 Å². The van der Waals surface area contributed by atoms with E-state index in [1.807, 2.05) is 200 Å². The molecule has 9 aromatic carbocycles. The number of nitrogens with zero attached hydrogens (tertiary/aromatic N) is 6. The van der Waals surface area contributed by atoms with E-state index in [1.165, 1.54) is 0 Å². The summed E-state index contributed by atoms with van der Waals surface area (Å²) in [5.41, 5.74) is 16.7. The largest absolute Gasteiger partial charge is 3.00 e. The maximum Gasteiger partial charge on any atom is 3.00 e. The van der Waals surface area contributed by atoms with Gasteiger partial charge in [-0.15, -0.1) is 108 Å². The number of fused-ring (bicyclic) bond motifs is 3. The molecule has 3 heterocycles. The molecule has 0 aliphatic carbocycles. The number of hydrogen-bond acceptors (Lipinski definition) is 6. The van der Waals surface area contributed by atoms with Crippen LogP contribution >= 0.6 is 0 Å². The predicted octanol–water partition coefficient (Wildman–Crippen LogP) is 14.3. The van der Waals surface area contributed by atoms with E-state index in [0.29, 0.717) is 0 Å². The number of para-hydroxylation sites is 6. The molecule has 67 heavy (non-hydrogen) atoms. The molecule has 0 atom stereocenters. The van der Waals surface area contributed by atoms with Crippen LogP contribution in [0.25, 0.3) is 101 Å². The minimum Gasteiger partial charge on any atom is -0.292 e. The molecule has 0 saturated heterocycles. The maximum absolute atomic E-state index is 4.84. The summed E-state index contributed by atoms with van der Waals surface area (Å²) < 4.78 is 0. The fourth-order valence-corrected chi connectivity index (χ4v) is 7.58. The fourth-order valence-electron chi connectivity index (χ4n) is 7.58. The zero-order chi connectivity index (χ0) is 44.3. The zero-order valence-corrected chi connectivity index (χ0v) is 38.4. The molecule has 0 amide bonds. The summed E-state index contributed by atoms with van der Waals surface area (Å²) in [5.74, 6) is 0. The fraction of sp³-hybridized carbons (Fsp3) is 0. The summed E-state index contributed by atoms with van der Waals surface area (Å²) in [5, 5.41) is 0. The monoisotopic (exact) mass is 1040 g/mol. The molecule has 0 fully saturated rings. The van der Waals surface area contributed by atoms with E-state index in [4.69, 9.17) is 29.9 Å². The Labute approximate surface area is 403 Å². The number of hydrogen-bond donors (Lipinski definition) is 0. The normalized spacial score (nSPS) is 10.6. The first-order chi connectivity index (χ1) is 32.7. The maximum atomic E-state index is 4.84. The summed E-state index contributed by atoms with van der Waals surface area (Å²) in [6.07, 6.45) is 0. The van der Waals surface area contributed by atoms with Crippen molar-refractivity contribution in [3.63, 3.8) is 0 Å². The molecule has 0 spiro atoms. The third-order valence-electron chi connectivity index (χ3n) is 10.7. The van der Waals surface area contributed by atoms with E-state index in [-0.39, 0.29) is 20.1 Å². The van der Waals surface area contributed by atoms with Gasteiger partial charge in [-0.05, 0) is 53.1 Å². The van der Waals surface area contributed by atoms with Gasteiger partial charge >= 0.3 is 20.1 Å². The van der Waals surface area contributed by atoms with Gasteiger partial charge in [-0.1, -0.05) is 127 Å². The van der Waals surface area contributed by atoms with Crippen molar-refractivity contribution < 1.29 is 20.1 Å². The average molecular weight is 1040 g/mol. The van der Waals surface area contributed by atoms with E-state index >= 15 is 0 Å². The van der Waals surface area contributed by atoms with Crippen molar-refractivity contribution in [1.29, 1.82) is 0 Å². The van der Waals surface area contributed by atoms with Crippen LogP contribution in [0, 0.1) is 18.2 Å². The molecule has 318 valence electrons. The van der Waals surface area contributed by atoms with E-state index in [9.17, 15) is 0 Å². The summed E-state index contributed by atoms with van der Waals surface area (Å²) in [4.78, 5) is 29.0. The zero-order valence-electron chi connectivity index (χ0n) is 36.0. The minimum absolute atomic E-state index is 0. The molecule has 0 radical (unpaired) electrons. The van der Waals surface area contributed by atoms with E-state index in [1.54, 1.807) is 0 Å². The second-order valence-electron chi connectivity index (χ2n) is 15.2. The molecule has 0 unspecified atom stereocenters. The first-order valence-electron chi connectivity index (χ1n) is 21.6. The molecule has 0 saturated carbocycles. The Kier molecular flexibility index (Phi) is 13.8. The van der Waals surface area contributed by atoms with Crippen molar-refractivity contribution in [2.75, 3.05) is 0 Å². The van der Waals surface area contributed by atoms with Gasteiger partial charge in [0.05, 0.1) is 50.2 Å².